The zero-order valence-corrected chi connectivity index (χ0v) is 11.3. The summed E-state index contributed by atoms with van der Waals surface area (Å²) >= 11 is 11.4. The van der Waals surface area contributed by atoms with Gasteiger partial charge in [0.05, 0.1) is 0 Å². The Hall–Kier alpha value is -1.58. The summed E-state index contributed by atoms with van der Waals surface area (Å²) in [6, 6.07) is 10.8. The second-order valence-corrected chi connectivity index (χ2v) is 4.65. The summed E-state index contributed by atoms with van der Waals surface area (Å²) in [5.41, 5.74) is 1.61. The molecule has 0 fully saturated rings. The number of nitrogens with one attached hydrogen (secondary N) is 1. The number of anilines is 1. The molecule has 2 rings (SSSR count). The molecule has 19 heavy (non-hydrogen) atoms. The molecule has 0 bridgehead atoms. The molecule has 0 saturated heterocycles. The van der Waals surface area contributed by atoms with E-state index in [0.717, 1.165) is 5.56 Å². The van der Waals surface area contributed by atoms with Crippen LogP contribution in [0.4, 0.5) is 10.1 Å². The Morgan fingerprint density at radius 2 is 2.00 bits per heavy atom. The van der Waals surface area contributed by atoms with Crippen LogP contribution in [0, 0.1) is 5.82 Å². The molecule has 1 amide bonds. The Morgan fingerprint density at radius 1 is 1.21 bits per heavy atom. The van der Waals surface area contributed by atoms with Gasteiger partial charge in [0.25, 0.3) is 5.91 Å². The molecule has 0 aromatic heterocycles. The first-order valence-electron chi connectivity index (χ1n) is 5.51. The van der Waals surface area contributed by atoms with Crippen molar-refractivity contribution >= 4 is 34.8 Å². The lowest BCUT2D eigenvalue weighted by molar-refractivity contribution is 0.102. The summed E-state index contributed by atoms with van der Waals surface area (Å²) in [4.78, 5) is 12.0. The molecule has 2 nitrogen and oxygen atoms in total. The minimum Gasteiger partial charge on any atom is -0.322 e. The monoisotopic (exact) mass is 297 g/mol. The number of alkyl halides is 1. The summed E-state index contributed by atoms with van der Waals surface area (Å²) in [5.74, 6) is -0.515. The Kier molecular flexibility index (Phi) is 4.40. The van der Waals surface area contributed by atoms with E-state index in [-0.39, 0.29) is 10.9 Å². The number of rotatable bonds is 3. The molecule has 0 aliphatic carbocycles. The van der Waals surface area contributed by atoms with Crippen LogP contribution in [0.3, 0.4) is 0 Å². The number of hydrogen-bond donors (Lipinski definition) is 1. The molecule has 98 valence electrons. The quantitative estimate of drug-likeness (QED) is 0.832. The largest absolute Gasteiger partial charge is 0.322 e. The van der Waals surface area contributed by atoms with Crippen LogP contribution >= 0.6 is 23.2 Å². The highest BCUT2D eigenvalue weighted by atomic mass is 35.5. The van der Waals surface area contributed by atoms with Gasteiger partial charge in [-0.1, -0.05) is 23.7 Å². The van der Waals surface area contributed by atoms with E-state index < -0.39 is 5.82 Å². The standard InChI is InChI=1S/C14H10Cl2FNO/c15-8-9-2-1-3-10(4-9)14(19)18-13-6-11(16)5-12(17)7-13/h1-7H,8H2,(H,18,19). The van der Waals surface area contributed by atoms with Crippen LogP contribution in [-0.2, 0) is 5.88 Å². The summed E-state index contributed by atoms with van der Waals surface area (Å²) < 4.78 is 13.1. The van der Waals surface area contributed by atoms with Gasteiger partial charge in [0.1, 0.15) is 5.82 Å². The highest BCUT2D eigenvalue weighted by Crippen LogP contribution is 2.19. The first-order chi connectivity index (χ1) is 9.08. The molecule has 1 N–H and O–H groups in total. The molecule has 2 aromatic carbocycles. The van der Waals surface area contributed by atoms with Crippen molar-refractivity contribution < 1.29 is 9.18 Å². The van der Waals surface area contributed by atoms with Gasteiger partial charge in [-0.3, -0.25) is 4.79 Å². The normalized spacial score (nSPS) is 10.3. The van der Waals surface area contributed by atoms with Crippen molar-refractivity contribution in [3.8, 4) is 0 Å². The highest BCUT2D eigenvalue weighted by molar-refractivity contribution is 6.31. The number of halogens is 3. The number of carbonyl (C=O) groups excluding carboxylic acids is 1. The molecule has 0 spiro atoms. The molecule has 0 unspecified atom stereocenters. The third kappa shape index (κ3) is 3.69. The van der Waals surface area contributed by atoms with Crippen LogP contribution in [0.25, 0.3) is 0 Å². The summed E-state index contributed by atoms with van der Waals surface area (Å²) in [6.45, 7) is 0. The lowest BCUT2D eigenvalue weighted by Gasteiger charge is -2.07. The van der Waals surface area contributed by atoms with Gasteiger partial charge in [-0.25, -0.2) is 4.39 Å². The van der Waals surface area contributed by atoms with E-state index in [1.807, 2.05) is 6.07 Å². The van der Waals surface area contributed by atoms with Crippen LogP contribution in [0.2, 0.25) is 5.02 Å². The highest BCUT2D eigenvalue weighted by Gasteiger charge is 2.08. The SMILES string of the molecule is O=C(Nc1cc(F)cc(Cl)c1)c1cccc(CCl)c1. The average Bonchev–Trinajstić information content (AvgIpc) is 2.37. The molecule has 0 radical (unpaired) electrons. The second kappa shape index (κ2) is 6.04. The fourth-order valence-electron chi connectivity index (χ4n) is 1.62. The van der Waals surface area contributed by atoms with Gasteiger partial charge in [0.2, 0.25) is 0 Å². The van der Waals surface area contributed by atoms with Crippen molar-refractivity contribution in [3.05, 3.63) is 64.4 Å². The zero-order valence-electron chi connectivity index (χ0n) is 9.79. The Bertz CT molecular complexity index is 596. The third-order valence-electron chi connectivity index (χ3n) is 2.46. The van der Waals surface area contributed by atoms with Gasteiger partial charge < -0.3 is 5.32 Å². The van der Waals surface area contributed by atoms with Gasteiger partial charge in [0.15, 0.2) is 0 Å². The second-order valence-electron chi connectivity index (χ2n) is 3.95. The number of carbonyl (C=O) groups is 1. The summed E-state index contributed by atoms with van der Waals surface area (Å²) in [6.07, 6.45) is 0. The predicted molar refractivity (Wildman–Crippen MR) is 75.4 cm³/mol. The maximum absolute atomic E-state index is 13.1. The van der Waals surface area contributed by atoms with Gasteiger partial charge in [-0.2, -0.15) is 0 Å². The zero-order chi connectivity index (χ0) is 13.8. The average molecular weight is 298 g/mol. The Balaban J connectivity index is 2.20. The molecule has 0 aliphatic rings. The van der Waals surface area contributed by atoms with Gasteiger partial charge in [0, 0.05) is 22.2 Å². The van der Waals surface area contributed by atoms with E-state index in [9.17, 15) is 9.18 Å². The van der Waals surface area contributed by atoms with E-state index in [2.05, 4.69) is 5.32 Å². The maximum atomic E-state index is 13.1. The van der Waals surface area contributed by atoms with E-state index in [1.54, 1.807) is 18.2 Å². The molecular formula is C14H10Cl2FNO. The maximum Gasteiger partial charge on any atom is 0.255 e. The van der Waals surface area contributed by atoms with Crippen LogP contribution in [0.1, 0.15) is 15.9 Å². The smallest absolute Gasteiger partial charge is 0.255 e. The topological polar surface area (TPSA) is 29.1 Å². The molecule has 5 heteroatoms. The molecule has 0 aliphatic heterocycles. The Morgan fingerprint density at radius 3 is 2.68 bits per heavy atom. The fourth-order valence-corrected chi connectivity index (χ4v) is 2.01. The molecule has 0 heterocycles. The van der Waals surface area contributed by atoms with Crippen molar-refractivity contribution in [2.75, 3.05) is 5.32 Å². The van der Waals surface area contributed by atoms with Gasteiger partial charge in [-0.05, 0) is 35.9 Å². The van der Waals surface area contributed by atoms with E-state index in [1.165, 1.54) is 18.2 Å². The van der Waals surface area contributed by atoms with Crippen molar-refractivity contribution in [2.24, 2.45) is 0 Å². The van der Waals surface area contributed by atoms with Crippen LogP contribution in [-0.4, -0.2) is 5.91 Å². The lowest BCUT2D eigenvalue weighted by atomic mass is 10.1. The van der Waals surface area contributed by atoms with Crippen LogP contribution in [0.15, 0.2) is 42.5 Å². The first-order valence-corrected chi connectivity index (χ1v) is 6.42. The van der Waals surface area contributed by atoms with E-state index in [0.29, 0.717) is 17.1 Å². The molecule has 0 atom stereocenters. The minimum absolute atomic E-state index is 0.227. The van der Waals surface area contributed by atoms with Crippen molar-refractivity contribution in [3.63, 3.8) is 0 Å². The van der Waals surface area contributed by atoms with E-state index >= 15 is 0 Å². The first kappa shape index (κ1) is 13.8. The minimum atomic E-state index is -0.502. The van der Waals surface area contributed by atoms with Crippen molar-refractivity contribution in [1.82, 2.24) is 0 Å². The predicted octanol–water partition coefficient (Wildman–Crippen LogP) is 4.47. The van der Waals surface area contributed by atoms with Crippen molar-refractivity contribution in [2.45, 2.75) is 5.88 Å². The van der Waals surface area contributed by atoms with Gasteiger partial charge >= 0.3 is 0 Å². The summed E-state index contributed by atoms with van der Waals surface area (Å²) in [7, 11) is 0. The molecule has 0 saturated carbocycles. The third-order valence-corrected chi connectivity index (χ3v) is 2.99. The van der Waals surface area contributed by atoms with Crippen LogP contribution < -0.4 is 5.32 Å². The van der Waals surface area contributed by atoms with Gasteiger partial charge in [-0.15, -0.1) is 11.6 Å². The number of hydrogen-bond acceptors (Lipinski definition) is 1. The number of amides is 1. The van der Waals surface area contributed by atoms with Crippen LogP contribution in [0.5, 0.6) is 0 Å². The lowest BCUT2D eigenvalue weighted by Crippen LogP contribution is -2.12. The van der Waals surface area contributed by atoms with E-state index in [4.69, 9.17) is 23.2 Å². The Labute approximate surface area is 120 Å². The number of benzene rings is 2. The fraction of sp³-hybridized carbons (Fsp3) is 0.0714. The molecule has 2 aromatic rings. The van der Waals surface area contributed by atoms with Crippen molar-refractivity contribution in [1.29, 1.82) is 0 Å². The summed E-state index contributed by atoms with van der Waals surface area (Å²) in [5, 5.41) is 2.81. The molecular weight excluding hydrogens is 288 g/mol.